The van der Waals surface area contributed by atoms with Gasteiger partial charge >= 0.3 is 0 Å². The van der Waals surface area contributed by atoms with Crippen molar-refractivity contribution in [1.29, 1.82) is 0 Å². The summed E-state index contributed by atoms with van der Waals surface area (Å²) in [6.07, 6.45) is 0. The SMILES string of the molecule is C=C(OC(=NC)c1ccc(-c2cc(O)cc(-c3ccc(-c4nnc(-c5ccc(C(C)(C)C)cc5)o4)cc3)c2)cc1)c1ccc(C(C)(C)C)cc1. The van der Waals surface area contributed by atoms with Crippen LogP contribution in [-0.2, 0) is 15.6 Å². The minimum absolute atomic E-state index is 0.0702. The number of benzene rings is 5. The second-order valence-electron chi connectivity index (χ2n) is 14.5. The molecule has 0 atom stereocenters. The maximum absolute atomic E-state index is 10.7. The van der Waals surface area contributed by atoms with Crippen LogP contribution in [0.1, 0.15) is 63.8 Å². The molecule has 0 aliphatic heterocycles. The van der Waals surface area contributed by atoms with Crippen LogP contribution in [0.4, 0.5) is 0 Å². The Morgan fingerprint density at radius 3 is 1.44 bits per heavy atom. The number of phenols is 1. The number of rotatable bonds is 7. The molecule has 0 spiro atoms. The molecule has 252 valence electrons. The molecule has 6 aromatic rings. The van der Waals surface area contributed by atoms with Crippen LogP contribution in [0, 0.1) is 0 Å². The molecule has 1 aromatic heterocycles. The average Bonchev–Trinajstić information content (AvgIpc) is 3.60. The van der Waals surface area contributed by atoms with Crippen molar-refractivity contribution < 1.29 is 14.3 Å². The van der Waals surface area contributed by atoms with Crippen LogP contribution in [0.25, 0.3) is 50.9 Å². The normalized spacial score (nSPS) is 12.2. The molecule has 0 saturated heterocycles. The fourth-order valence-electron chi connectivity index (χ4n) is 5.69. The van der Waals surface area contributed by atoms with Crippen LogP contribution < -0.4 is 0 Å². The molecule has 6 nitrogen and oxygen atoms in total. The van der Waals surface area contributed by atoms with Crippen LogP contribution in [0.5, 0.6) is 5.75 Å². The first-order chi connectivity index (χ1) is 23.8. The minimum atomic E-state index is 0.0702. The lowest BCUT2D eigenvalue weighted by Crippen LogP contribution is -2.11. The van der Waals surface area contributed by atoms with E-state index in [4.69, 9.17) is 9.15 Å². The summed E-state index contributed by atoms with van der Waals surface area (Å²) in [5, 5.41) is 19.3. The first kappa shape index (κ1) is 34.1. The molecule has 0 bridgehead atoms. The number of hydrogen-bond acceptors (Lipinski definition) is 6. The monoisotopic (exact) mass is 661 g/mol. The van der Waals surface area contributed by atoms with Crippen LogP contribution in [-0.4, -0.2) is 28.2 Å². The molecule has 50 heavy (non-hydrogen) atoms. The van der Waals surface area contributed by atoms with Crippen molar-refractivity contribution in [2.45, 2.75) is 52.4 Å². The maximum Gasteiger partial charge on any atom is 0.248 e. The highest BCUT2D eigenvalue weighted by Crippen LogP contribution is 2.34. The number of phenolic OH excluding ortho intramolecular Hbond substituents is 1. The molecule has 0 radical (unpaired) electrons. The largest absolute Gasteiger partial charge is 0.508 e. The van der Waals surface area contributed by atoms with Crippen molar-refractivity contribution in [3.05, 3.63) is 144 Å². The second-order valence-corrected chi connectivity index (χ2v) is 14.5. The number of aromatic nitrogens is 2. The third-order valence-corrected chi connectivity index (χ3v) is 8.77. The standard InChI is InChI=1S/C44H43N3O3/c1-28(29-17-21-37(22-18-29)43(2,3)4)49-40(45-8)32-13-9-30(10-14-32)35-25-36(27-39(48)26-35)31-11-15-33(16-12-31)41-46-47-42(50-41)34-19-23-38(24-20-34)44(5,6)7/h9-27,48H,1H2,2-8H3. The second kappa shape index (κ2) is 13.6. The van der Waals surface area contributed by atoms with E-state index in [1.54, 1.807) is 19.2 Å². The molecule has 6 heteroatoms. The minimum Gasteiger partial charge on any atom is -0.508 e. The molecule has 0 saturated carbocycles. The van der Waals surface area contributed by atoms with Gasteiger partial charge in [-0.1, -0.05) is 109 Å². The molecule has 0 aliphatic carbocycles. The van der Waals surface area contributed by atoms with Crippen LogP contribution in [0.2, 0.25) is 0 Å². The molecular formula is C44H43N3O3. The summed E-state index contributed by atoms with van der Waals surface area (Å²) < 4.78 is 12.2. The predicted octanol–water partition coefficient (Wildman–Crippen LogP) is 11.1. The lowest BCUT2D eigenvalue weighted by Gasteiger charge is -2.19. The van der Waals surface area contributed by atoms with E-state index in [0.29, 0.717) is 23.4 Å². The number of aromatic hydroxyl groups is 1. The van der Waals surface area contributed by atoms with Crippen molar-refractivity contribution in [1.82, 2.24) is 10.2 Å². The fourth-order valence-corrected chi connectivity index (χ4v) is 5.69. The topological polar surface area (TPSA) is 80.7 Å². The van der Waals surface area contributed by atoms with E-state index >= 15 is 0 Å². The van der Waals surface area contributed by atoms with Gasteiger partial charge in [-0.15, -0.1) is 10.2 Å². The van der Waals surface area contributed by atoms with Crippen LogP contribution in [0.3, 0.4) is 0 Å². The first-order valence-corrected chi connectivity index (χ1v) is 16.7. The zero-order valence-corrected chi connectivity index (χ0v) is 29.8. The smallest absolute Gasteiger partial charge is 0.248 e. The number of aliphatic imine (C=N–C) groups is 1. The molecule has 0 fully saturated rings. The van der Waals surface area contributed by atoms with E-state index in [-0.39, 0.29) is 16.6 Å². The van der Waals surface area contributed by atoms with Gasteiger partial charge in [0.25, 0.3) is 0 Å². The third kappa shape index (κ3) is 7.60. The molecule has 1 heterocycles. The van der Waals surface area contributed by atoms with Gasteiger partial charge in [0.05, 0.1) is 0 Å². The lowest BCUT2D eigenvalue weighted by molar-refractivity contribution is 0.476. The molecule has 0 unspecified atom stereocenters. The Kier molecular flexibility index (Phi) is 9.31. The van der Waals surface area contributed by atoms with Gasteiger partial charge in [-0.2, -0.15) is 0 Å². The summed E-state index contributed by atoms with van der Waals surface area (Å²) in [5.74, 6) is 2.11. The lowest BCUT2D eigenvalue weighted by atomic mass is 9.86. The molecule has 1 N–H and O–H groups in total. The van der Waals surface area contributed by atoms with Gasteiger partial charge in [-0.3, -0.25) is 4.99 Å². The highest BCUT2D eigenvalue weighted by molar-refractivity contribution is 5.97. The fraction of sp³-hybridized carbons (Fsp3) is 0.205. The zero-order chi connectivity index (χ0) is 35.6. The number of ether oxygens (including phenoxy) is 1. The Morgan fingerprint density at radius 2 is 0.980 bits per heavy atom. The van der Waals surface area contributed by atoms with Gasteiger partial charge in [0, 0.05) is 29.3 Å². The van der Waals surface area contributed by atoms with E-state index in [1.165, 1.54) is 11.1 Å². The summed E-state index contributed by atoms with van der Waals surface area (Å²) in [6, 6.07) is 37.9. The summed E-state index contributed by atoms with van der Waals surface area (Å²) in [5.41, 5.74) is 9.72. The number of nitrogens with zero attached hydrogens (tertiary/aromatic N) is 3. The molecule has 0 aliphatic rings. The van der Waals surface area contributed by atoms with Gasteiger partial charge in [-0.05, 0) is 98.8 Å². The van der Waals surface area contributed by atoms with E-state index in [0.717, 1.165) is 44.5 Å². The summed E-state index contributed by atoms with van der Waals surface area (Å²) in [4.78, 5) is 4.39. The van der Waals surface area contributed by atoms with E-state index in [1.807, 2.05) is 72.8 Å². The first-order valence-electron chi connectivity index (χ1n) is 16.7. The Bertz CT molecular complexity index is 2140. The molecular weight excluding hydrogens is 619 g/mol. The molecule has 6 rings (SSSR count). The Balaban J connectivity index is 1.16. The van der Waals surface area contributed by atoms with Crippen molar-refractivity contribution >= 4 is 11.7 Å². The van der Waals surface area contributed by atoms with Crippen LogP contribution >= 0.6 is 0 Å². The van der Waals surface area contributed by atoms with Gasteiger partial charge in [0.15, 0.2) is 0 Å². The Morgan fingerprint density at radius 1 is 0.580 bits per heavy atom. The van der Waals surface area contributed by atoms with E-state index in [9.17, 15) is 5.11 Å². The average molecular weight is 662 g/mol. The zero-order valence-electron chi connectivity index (χ0n) is 29.8. The van der Waals surface area contributed by atoms with Crippen molar-refractivity contribution in [2.24, 2.45) is 4.99 Å². The predicted molar refractivity (Wildman–Crippen MR) is 204 cm³/mol. The van der Waals surface area contributed by atoms with Gasteiger partial charge in [-0.25, -0.2) is 0 Å². The van der Waals surface area contributed by atoms with E-state index in [2.05, 4.69) is 93.6 Å². The van der Waals surface area contributed by atoms with Gasteiger partial charge in [0.1, 0.15) is 11.5 Å². The molecule has 0 amide bonds. The summed E-state index contributed by atoms with van der Waals surface area (Å²) in [6.45, 7) is 17.3. The van der Waals surface area contributed by atoms with Crippen molar-refractivity contribution in [2.75, 3.05) is 7.05 Å². The quantitative estimate of drug-likeness (QED) is 0.105. The van der Waals surface area contributed by atoms with Crippen molar-refractivity contribution in [3.8, 4) is 50.9 Å². The summed E-state index contributed by atoms with van der Waals surface area (Å²) in [7, 11) is 1.70. The highest BCUT2D eigenvalue weighted by atomic mass is 16.5. The third-order valence-electron chi connectivity index (χ3n) is 8.77. The van der Waals surface area contributed by atoms with Crippen molar-refractivity contribution in [3.63, 3.8) is 0 Å². The van der Waals surface area contributed by atoms with E-state index < -0.39 is 0 Å². The maximum atomic E-state index is 10.7. The number of hydrogen-bond donors (Lipinski definition) is 1. The Hall–Kier alpha value is -5.75. The van der Waals surface area contributed by atoms with Crippen LogP contribution in [0.15, 0.2) is 131 Å². The van der Waals surface area contributed by atoms with Gasteiger partial charge < -0.3 is 14.3 Å². The van der Waals surface area contributed by atoms with Gasteiger partial charge in [0.2, 0.25) is 17.7 Å². The molecule has 5 aromatic carbocycles. The summed E-state index contributed by atoms with van der Waals surface area (Å²) >= 11 is 0. The highest BCUT2D eigenvalue weighted by Gasteiger charge is 2.17. The Labute approximate surface area is 294 Å².